The molecule has 0 aliphatic rings. The minimum Gasteiger partial charge on any atom is -0.496 e. The van der Waals surface area contributed by atoms with E-state index >= 15 is 0 Å². The molecule has 3 heteroatoms. The summed E-state index contributed by atoms with van der Waals surface area (Å²) in [6, 6.07) is 9.27. The Balaban J connectivity index is 2.45. The Morgan fingerprint density at radius 3 is 2.00 bits per heavy atom. The van der Waals surface area contributed by atoms with Crippen molar-refractivity contribution in [1.82, 2.24) is 0 Å². The van der Waals surface area contributed by atoms with Crippen LogP contribution in [-0.4, -0.2) is 20.0 Å². The van der Waals surface area contributed by atoms with E-state index in [9.17, 15) is 4.79 Å². The monoisotopic (exact) mass is 284 g/mol. The Morgan fingerprint density at radius 1 is 0.810 bits per heavy atom. The van der Waals surface area contributed by atoms with Crippen LogP contribution >= 0.6 is 0 Å². The molecule has 0 atom stereocenters. The Labute approximate surface area is 125 Å². The van der Waals surface area contributed by atoms with Crippen molar-refractivity contribution in [1.29, 1.82) is 0 Å². The number of methoxy groups -OCH3 is 2. The zero-order chi connectivity index (χ0) is 15.6. The summed E-state index contributed by atoms with van der Waals surface area (Å²) in [5.41, 5.74) is 4.19. The van der Waals surface area contributed by atoms with Gasteiger partial charge in [0.1, 0.15) is 11.5 Å². The quantitative estimate of drug-likeness (QED) is 0.800. The number of carbonyl (C=O) groups excluding carboxylic acids is 1. The van der Waals surface area contributed by atoms with Crippen molar-refractivity contribution >= 4 is 5.78 Å². The van der Waals surface area contributed by atoms with Crippen LogP contribution in [0.3, 0.4) is 0 Å². The second-order valence-corrected chi connectivity index (χ2v) is 5.15. The van der Waals surface area contributed by atoms with Crippen LogP contribution in [-0.2, 0) is 0 Å². The lowest BCUT2D eigenvalue weighted by Crippen LogP contribution is -2.05. The van der Waals surface area contributed by atoms with E-state index in [1.807, 2.05) is 45.0 Å². The molecule has 0 unspecified atom stereocenters. The van der Waals surface area contributed by atoms with Crippen LogP contribution in [0.15, 0.2) is 30.3 Å². The first-order valence-corrected chi connectivity index (χ1v) is 6.82. The van der Waals surface area contributed by atoms with Gasteiger partial charge in [-0.3, -0.25) is 4.79 Å². The number of benzene rings is 2. The van der Waals surface area contributed by atoms with E-state index in [4.69, 9.17) is 9.47 Å². The summed E-state index contributed by atoms with van der Waals surface area (Å²) in [7, 11) is 3.26. The number of carbonyl (C=O) groups is 1. The fourth-order valence-electron chi connectivity index (χ4n) is 2.43. The van der Waals surface area contributed by atoms with Crippen molar-refractivity contribution in [3.63, 3.8) is 0 Å². The first-order valence-electron chi connectivity index (χ1n) is 6.82. The van der Waals surface area contributed by atoms with Gasteiger partial charge in [0.05, 0.1) is 14.2 Å². The number of rotatable bonds is 4. The van der Waals surface area contributed by atoms with Crippen molar-refractivity contribution < 1.29 is 14.3 Å². The van der Waals surface area contributed by atoms with Crippen LogP contribution in [0.5, 0.6) is 11.5 Å². The molecular formula is C18H20O3. The van der Waals surface area contributed by atoms with E-state index in [0.717, 1.165) is 28.2 Å². The Hall–Kier alpha value is -2.29. The number of hydrogen-bond donors (Lipinski definition) is 0. The second kappa shape index (κ2) is 6.00. The summed E-state index contributed by atoms with van der Waals surface area (Å²) in [6.45, 7) is 5.79. The van der Waals surface area contributed by atoms with Gasteiger partial charge in [0.15, 0.2) is 5.78 Å². The summed E-state index contributed by atoms with van der Waals surface area (Å²) in [4.78, 5) is 12.7. The third kappa shape index (κ3) is 2.92. The van der Waals surface area contributed by atoms with E-state index < -0.39 is 0 Å². The van der Waals surface area contributed by atoms with Crippen molar-refractivity contribution in [2.45, 2.75) is 20.8 Å². The van der Waals surface area contributed by atoms with Crippen molar-refractivity contribution in [2.75, 3.05) is 14.2 Å². The molecular weight excluding hydrogens is 264 g/mol. The first-order chi connectivity index (χ1) is 9.97. The molecule has 2 rings (SSSR count). The van der Waals surface area contributed by atoms with Gasteiger partial charge < -0.3 is 9.47 Å². The van der Waals surface area contributed by atoms with Crippen molar-refractivity contribution in [3.8, 4) is 11.5 Å². The number of ketones is 1. The normalized spacial score (nSPS) is 10.3. The highest BCUT2D eigenvalue weighted by molar-refractivity contribution is 6.10. The Morgan fingerprint density at radius 2 is 1.43 bits per heavy atom. The fourth-order valence-corrected chi connectivity index (χ4v) is 2.43. The summed E-state index contributed by atoms with van der Waals surface area (Å²) in [5.74, 6) is 1.60. The molecule has 0 radical (unpaired) electrons. The lowest BCUT2D eigenvalue weighted by atomic mass is 9.96. The van der Waals surface area contributed by atoms with E-state index in [1.54, 1.807) is 20.3 Å². The van der Waals surface area contributed by atoms with E-state index in [0.29, 0.717) is 11.1 Å². The standard InChI is InChI=1S/C18H20O3/c1-11-10-17(21-5)13(3)9-15(11)18(19)14-6-7-16(20-4)12(2)8-14/h6-10H,1-5H3. The van der Waals surface area contributed by atoms with Gasteiger partial charge in [-0.2, -0.15) is 0 Å². The number of hydrogen-bond acceptors (Lipinski definition) is 3. The van der Waals surface area contributed by atoms with E-state index in [2.05, 4.69) is 0 Å². The Bertz CT molecular complexity index is 687. The third-order valence-electron chi connectivity index (χ3n) is 3.64. The van der Waals surface area contributed by atoms with Crippen molar-refractivity contribution in [2.24, 2.45) is 0 Å². The zero-order valence-electron chi connectivity index (χ0n) is 13.1. The van der Waals surface area contributed by atoms with Crippen LogP contribution < -0.4 is 9.47 Å². The fraction of sp³-hybridized carbons (Fsp3) is 0.278. The molecule has 0 spiro atoms. The molecule has 2 aromatic carbocycles. The van der Waals surface area contributed by atoms with Crippen LogP contribution in [0.25, 0.3) is 0 Å². The predicted molar refractivity (Wildman–Crippen MR) is 83.6 cm³/mol. The predicted octanol–water partition coefficient (Wildman–Crippen LogP) is 3.86. The maximum atomic E-state index is 12.7. The lowest BCUT2D eigenvalue weighted by molar-refractivity contribution is 0.103. The van der Waals surface area contributed by atoms with Crippen LogP contribution in [0, 0.1) is 20.8 Å². The van der Waals surface area contributed by atoms with Gasteiger partial charge in [0.2, 0.25) is 0 Å². The molecule has 0 heterocycles. The SMILES string of the molecule is COc1ccc(C(=O)c2cc(C)c(OC)cc2C)cc1C. The molecule has 0 fully saturated rings. The molecule has 2 aromatic rings. The molecule has 0 aromatic heterocycles. The van der Waals surface area contributed by atoms with Crippen LogP contribution in [0.2, 0.25) is 0 Å². The smallest absolute Gasteiger partial charge is 0.193 e. The number of ether oxygens (including phenoxy) is 2. The Kier molecular flexibility index (Phi) is 4.32. The molecule has 3 nitrogen and oxygen atoms in total. The highest BCUT2D eigenvalue weighted by Crippen LogP contribution is 2.26. The summed E-state index contributed by atoms with van der Waals surface area (Å²) >= 11 is 0. The van der Waals surface area contributed by atoms with Gasteiger partial charge in [-0.1, -0.05) is 0 Å². The van der Waals surface area contributed by atoms with Gasteiger partial charge in [-0.15, -0.1) is 0 Å². The molecule has 110 valence electrons. The average molecular weight is 284 g/mol. The first kappa shape index (κ1) is 15.1. The summed E-state index contributed by atoms with van der Waals surface area (Å²) < 4.78 is 10.5. The van der Waals surface area contributed by atoms with E-state index in [1.165, 1.54) is 0 Å². The maximum Gasteiger partial charge on any atom is 0.193 e. The molecule has 0 amide bonds. The summed E-state index contributed by atoms with van der Waals surface area (Å²) in [6.07, 6.45) is 0. The summed E-state index contributed by atoms with van der Waals surface area (Å²) in [5, 5.41) is 0. The molecule has 0 bridgehead atoms. The van der Waals surface area contributed by atoms with Crippen LogP contribution in [0.4, 0.5) is 0 Å². The molecule has 0 aliphatic carbocycles. The number of aryl methyl sites for hydroxylation is 3. The maximum absolute atomic E-state index is 12.7. The average Bonchev–Trinajstić information content (AvgIpc) is 2.48. The van der Waals surface area contributed by atoms with Gasteiger partial charge in [0, 0.05) is 11.1 Å². The molecule has 0 aliphatic heterocycles. The van der Waals surface area contributed by atoms with Gasteiger partial charge in [-0.25, -0.2) is 0 Å². The largest absolute Gasteiger partial charge is 0.496 e. The lowest BCUT2D eigenvalue weighted by Gasteiger charge is -2.12. The van der Waals surface area contributed by atoms with Crippen LogP contribution in [0.1, 0.15) is 32.6 Å². The minimum absolute atomic E-state index is 0.0176. The van der Waals surface area contributed by atoms with Gasteiger partial charge in [0.25, 0.3) is 0 Å². The van der Waals surface area contributed by atoms with Crippen molar-refractivity contribution in [3.05, 3.63) is 58.1 Å². The zero-order valence-corrected chi connectivity index (χ0v) is 13.1. The molecule has 0 saturated carbocycles. The van der Waals surface area contributed by atoms with Gasteiger partial charge >= 0.3 is 0 Å². The van der Waals surface area contributed by atoms with E-state index in [-0.39, 0.29) is 5.78 Å². The highest BCUT2D eigenvalue weighted by Gasteiger charge is 2.15. The molecule has 21 heavy (non-hydrogen) atoms. The third-order valence-corrected chi connectivity index (χ3v) is 3.64. The van der Waals surface area contributed by atoms with Gasteiger partial charge in [-0.05, 0) is 67.8 Å². The second-order valence-electron chi connectivity index (χ2n) is 5.15. The minimum atomic E-state index is 0.0176. The molecule has 0 N–H and O–H groups in total. The molecule has 0 saturated heterocycles. The highest BCUT2D eigenvalue weighted by atomic mass is 16.5. The topological polar surface area (TPSA) is 35.5 Å².